The monoisotopic (exact) mass is 266 g/mol. The molecule has 4 nitrogen and oxygen atoms in total. The highest BCUT2D eigenvalue weighted by atomic mass is 16.4. The van der Waals surface area contributed by atoms with Crippen LogP contribution in [0.25, 0.3) is 0 Å². The van der Waals surface area contributed by atoms with E-state index in [-0.39, 0.29) is 23.2 Å². The third-order valence-corrected chi connectivity index (χ3v) is 5.49. The highest BCUT2D eigenvalue weighted by Gasteiger charge is 2.60. The summed E-state index contributed by atoms with van der Waals surface area (Å²) >= 11 is 0. The first-order chi connectivity index (χ1) is 8.72. The van der Waals surface area contributed by atoms with Crippen LogP contribution >= 0.6 is 0 Å². The molecule has 0 heterocycles. The summed E-state index contributed by atoms with van der Waals surface area (Å²) in [6, 6.07) is 0. The van der Waals surface area contributed by atoms with Crippen molar-refractivity contribution in [3.63, 3.8) is 0 Å². The van der Waals surface area contributed by atoms with Gasteiger partial charge in [0.05, 0.1) is 11.0 Å². The van der Waals surface area contributed by atoms with Gasteiger partial charge in [0.15, 0.2) is 0 Å². The SMILES string of the molecule is C=C(C(=O)O)[C@@H]1CC[C@H](C)[C@]2(O)CCC(=O)[C@]2(C)C1. The molecule has 0 aromatic heterocycles. The number of carbonyl (C=O) groups excluding carboxylic acids is 1. The first-order valence-corrected chi connectivity index (χ1v) is 6.90. The van der Waals surface area contributed by atoms with Gasteiger partial charge in [-0.3, -0.25) is 4.79 Å². The van der Waals surface area contributed by atoms with Crippen molar-refractivity contribution in [2.24, 2.45) is 17.3 Å². The topological polar surface area (TPSA) is 74.6 Å². The Balaban J connectivity index is 2.37. The number of carboxylic acids is 1. The Morgan fingerprint density at radius 1 is 1.42 bits per heavy atom. The van der Waals surface area contributed by atoms with E-state index in [2.05, 4.69) is 6.58 Å². The predicted octanol–water partition coefficient (Wildman–Crippen LogP) is 2.16. The van der Waals surface area contributed by atoms with Crippen LogP contribution in [0.3, 0.4) is 0 Å². The number of ketones is 1. The van der Waals surface area contributed by atoms with Crippen molar-refractivity contribution in [3.05, 3.63) is 12.2 Å². The smallest absolute Gasteiger partial charge is 0.331 e. The molecule has 2 aliphatic carbocycles. The third-order valence-electron chi connectivity index (χ3n) is 5.49. The van der Waals surface area contributed by atoms with E-state index in [1.807, 2.05) is 6.92 Å². The molecule has 19 heavy (non-hydrogen) atoms. The van der Waals surface area contributed by atoms with Crippen molar-refractivity contribution < 1.29 is 19.8 Å². The van der Waals surface area contributed by atoms with Crippen LogP contribution in [0.5, 0.6) is 0 Å². The lowest BCUT2D eigenvalue weighted by Gasteiger charge is -2.41. The average Bonchev–Trinajstić information content (AvgIpc) is 2.52. The van der Waals surface area contributed by atoms with Gasteiger partial charge in [-0.05, 0) is 44.4 Å². The number of hydrogen-bond donors (Lipinski definition) is 2. The van der Waals surface area contributed by atoms with Gasteiger partial charge < -0.3 is 10.2 Å². The standard InChI is InChI=1S/C15H22O4/c1-9-4-5-11(10(2)13(17)18)8-14(3)12(16)6-7-15(9,14)19/h9,11,19H,2,4-8H2,1,3H3,(H,17,18)/t9-,11+,14-,15+/m0/s1. The van der Waals surface area contributed by atoms with Crippen LogP contribution in [0, 0.1) is 17.3 Å². The maximum Gasteiger partial charge on any atom is 0.331 e. The first kappa shape index (κ1) is 14.3. The number of carbonyl (C=O) groups is 2. The van der Waals surface area contributed by atoms with E-state index < -0.39 is 17.0 Å². The summed E-state index contributed by atoms with van der Waals surface area (Å²) in [6.07, 6.45) is 2.70. The number of aliphatic carboxylic acids is 1. The summed E-state index contributed by atoms with van der Waals surface area (Å²) in [5, 5.41) is 20.0. The Morgan fingerprint density at radius 2 is 2.05 bits per heavy atom. The highest BCUT2D eigenvalue weighted by Crippen LogP contribution is 2.55. The van der Waals surface area contributed by atoms with E-state index >= 15 is 0 Å². The van der Waals surface area contributed by atoms with E-state index in [9.17, 15) is 14.7 Å². The number of fused-ring (bicyclic) bond motifs is 1. The zero-order valence-corrected chi connectivity index (χ0v) is 11.6. The highest BCUT2D eigenvalue weighted by molar-refractivity contribution is 5.90. The van der Waals surface area contributed by atoms with Gasteiger partial charge >= 0.3 is 5.97 Å². The molecule has 2 rings (SSSR count). The molecule has 106 valence electrons. The van der Waals surface area contributed by atoms with Crippen LogP contribution in [-0.4, -0.2) is 27.6 Å². The van der Waals surface area contributed by atoms with Crippen LogP contribution in [-0.2, 0) is 9.59 Å². The molecular weight excluding hydrogens is 244 g/mol. The Labute approximate surface area is 113 Å². The molecular formula is C15H22O4. The summed E-state index contributed by atoms with van der Waals surface area (Å²) < 4.78 is 0. The van der Waals surface area contributed by atoms with Gasteiger partial charge in [-0.1, -0.05) is 13.5 Å². The van der Waals surface area contributed by atoms with E-state index in [0.717, 1.165) is 6.42 Å². The zero-order valence-electron chi connectivity index (χ0n) is 11.6. The fourth-order valence-electron chi connectivity index (χ4n) is 3.93. The summed E-state index contributed by atoms with van der Waals surface area (Å²) in [5.74, 6) is -1.15. The maximum absolute atomic E-state index is 12.2. The lowest BCUT2D eigenvalue weighted by Crippen LogP contribution is -2.49. The fraction of sp³-hybridized carbons (Fsp3) is 0.733. The van der Waals surface area contributed by atoms with Gasteiger partial charge in [0, 0.05) is 12.0 Å². The summed E-state index contributed by atoms with van der Waals surface area (Å²) in [4.78, 5) is 23.3. The summed E-state index contributed by atoms with van der Waals surface area (Å²) in [7, 11) is 0. The van der Waals surface area contributed by atoms with Gasteiger partial charge in [0.2, 0.25) is 0 Å². The van der Waals surface area contributed by atoms with Crippen LogP contribution in [0.1, 0.15) is 46.0 Å². The lowest BCUT2D eigenvalue weighted by atomic mass is 9.66. The van der Waals surface area contributed by atoms with Gasteiger partial charge in [-0.2, -0.15) is 0 Å². The molecule has 4 atom stereocenters. The van der Waals surface area contributed by atoms with Crippen LogP contribution in [0.2, 0.25) is 0 Å². The van der Waals surface area contributed by atoms with Crippen LogP contribution in [0.15, 0.2) is 12.2 Å². The number of carboxylic acid groups (broad SMARTS) is 1. The summed E-state index contributed by atoms with van der Waals surface area (Å²) in [5.41, 5.74) is -1.65. The molecule has 0 amide bonds. The molecule has 0 spiro atoms. The van der Waals surface area contributed by atoms with Gasteiger partial charge in [0.1, 0.15) is 5.78 Å². The molecule has 0 bridgehead atoms. The molecule has 0 aromatic rings. The molecule has 4 heteroatoms. The van der Waals surface area contributed by atoms with E-state index in [1.54, 1.807) is 6.92 Å². The largest absolute Gasteiger partial charge is 0.478 e. The summed E-state index contributed by atoms with van der Waals surface area (Å²) in [6.45, 7) is 7.40. The Hall–Kier alpha value is -1.16. The normalized spacial score (nSPS) is 42.6. The fourth-order valence-corrected chi connectivity index (χ4v) is 3.93. The van der Waals surface area contributed by atoms with Crippen LogP contribution < -0.4 is 0 Å². The van der Waals surface area contributed by atoms with Crippen molar-refractivity contribution in [1.29, 1.82) is 0 Å². The minimum atomic E-state index is -1.00. The average molecular weight is 266 g/mol. The molecule has 0 radical (unpaired) electrons. The van der Waals surface area contributed by atoms with Gasteiger partial charge in [-0.15, -0.1) is 0 Å². The Bertz CT molecular complexity index is 441. The lowest BCUT2D eigenvalue weighted by molar-refractivity contribution is -0.142. The second-order valence-corrected chi connectivity index (χ2v) is 6.39. The first-order valence-electron chi connectivity index (χ1n) is 6.90. The zero-order chi connectivity index (χ0) is 14.4. The number of aliphatic hydroxyl groups is 1. The molecule has 2 N–H and O–H groups in total. The molecule has 2 aliphatic rings. The second-order valence-electron chi connectivity index (χ2n) is 6.39. The van der Waals surface area contributed by atoms with Crippen molar-refractivity contribution in [2.75, 3.05) is 0 Å². The second kappa shape index (κ2) is 4.44. The maximum atomic E-state index is 12.2. The minimum absolute atomic E-state index is 0.00976. The van der Waals surface area contributed by atoms with Crippen molar-refractivity contribution >= 4 is 11.8 Å². The van der Waals surface area contributed by atoms with E-state index in [0.29, 0.717) is 25.7 Å². The Kier molecular flexibility index (Phi) is 3.33. The van der Waals surface area contributed by atoms with Gasteiger partial charge in [0.25, 0.3) is 0 Å². The van der Waals surface area contributed by atoms with E-state index in [1.165, 1.54) is 0 Å². The molecule has 0 unspecified atom stereocenters. The van der Waals surface area contributed by atoms with Crippen molar-refractivity contribution in [1.82, 2.24) is 0 Å². The van der Waals surface area contributed by atoms with Crippen molar-refractivity contribution in [3.8, 4) is 0 Å². The number of Topliss-reactive ketones (excluding diaryl/α,β-unsaturated/α-hetero) is 1. The van der Waals surface area contributed by atoms with Gasteiger partial charge in [-0.25, -0.2) is 4.79 Å². The quantitative estimate of drug-likeness (QED) is 0.751. The minimum Gasteiger partial charge on any atom is -0.478 e. The Morgan fingerprint density at radius 3 is 2.63 bits per heavy atom. The molecule has 0 saturated heterocycles. The predicted molar refractivity (Wildman–Crippen MR) is 70.6 cm³/mol. The van der Waals surface area contributed by atoms with E-state index in [4.69, 9.17) is 5.11 Å². The molecule has 0 aromatic carbocycles. The van der Waals surface area contributed by atoms with Crippen LogP contribution in [0.4, 0.5) is 0 Å². The molecule has 2 fully saturated rings. The van der Waals surface area contributed by atoms with Crippen molar-refractivity contribution in [2.45, 2.75) is 51.6 Å². The number of hydrogen-bond acceptors (Lipinski definition) is 3. The molecule has 0 aliphatic heterocycles. The number of rotatable bonds is 2. The third kappa shape index (κ3) is 1.93. The molecule has 2 saturated carbocycles.